The Kier molecular flexibility index (Phi) is 5.94. The molecule has 8 heteroatoms. The number of methoxy groups -OCH3 is 1. The van der Waals surface area contributed by atoms with Gasteiger partial charge in [-0.15, -0.1) is 0 Å². The molecule has 0 aromatic carbocycles. The smallest absolute Gasteiger partial charge is 0.327 e. The number of sulfone groups is 1. The Morgan fingerprint density at radius 1 is 1.40 bits per heavy atom. The second kappa shape index (κ2) is 7.03. The second-order valence-corrected chi connectivity index (χ2v) is 7.39. The molecule has 2 unspecified atom stereocenters. The summed E-state index contributed by atoms with van der Waals surface area (Å²) < 4.78 is 29.7. The van der Waals surface area contributed by atoms with Crippen LogP contribution in [0.5, 0.6) is 0 Å². The molecule has 1 fully saturated rings. The number of nitrogens with one attached hydrogen (secondary N) is 1. The fourth-order valence-electron chi connectivity index (χ4n) is 2.43. The molecule has 0 spiro atoms. The minimum atomic E-state index is -3.59. The molecule has 116 valence electrons. The zero-order valence-electron chi connectivity index (χ0n) is 11.7. The molecule has 0 heterocycles. The van der Waals surface area contributed by atoms with Crippen molar-refractivity contribution in [3.05, 3.63) is 0 Å². The summed E-state index contributed by atoms with van der Waals surface area (Å²) in [5, 5.41) is 10.5. The van der Waals surface area contributed by atoms with Crippen molar-refractivity contribution in [2.24, 2.45) is 0 Å². The highest BCUT2D eigenvalue weighted by Gasteiger charge is 2.35. The number of rotatable bonds is 6. The zero-order valence-corrected chi connectivity index (χ0v) is 12.5. The first-order valence-corrected chi connectivity index (χ1v) is 8.22. The minimum Gasteiger partial charge on any atom is -0.480 e. The van der Waals surface area contributed by atoms with Gasteiger partial charge in [-0.25, -0.2) is 13.2 Å². The minimum absolute atomic E-state index is 0.104. The van der Waals surface area contributed by atoms with Crippen molar-refractivity contribution < 1.29 is 27.9 Å². The molecular formula is C12H21NO6S. The number of carbonyl (C=O) groups excluding carboxylic acids is 1. The fraction of sp³-hybridized carbons (Fsp3) is 0.833. The number of carbonyl (C=O) groups is 2. The van der Waals surface area contributed by atoms with E-state index in [0.29, 0.717) is 12.8 Å². The Morgan fingerprint density at radius 2 is 2.05 bits per heavy atom. The number of ether oxygens (including phenoxy) is 1. The van der Waals surface area contributed by atoms with Crippen LogP contribution in [0.4, 0.5) is 0 Å². The lowest BCUT2D eigenvalue weighted by Crippen LogP contribution is -2.47. The lowest BCUT2D eigenvalue weighted by atomic mass is 9.97. The van der Waals surface area contributed by atoms with Crippen LogP contribution in [-0.2, 0) is 24.2 Å². The molecule has 1 aliphatic rings. The first-order chi connectivity index (χ1) is 9.26. The van der Waals surface area contributed by atoms with Crippen LogP contribution in [0, 0.1) is 0 Å². The van der Waals surface area contributed by atoms with E-state index in [0.717, 1.165) is 19.8 Å². The van der Waals surface area contributed by atoms with Crippen molar-refractivity contribution in [2.45, 2.75) is 50.0 Å². The monoisotopic (exact) mass is 307 g/mol. The summed E-state index contributed by atoms with van der Waals surface area (Å²) in [5.41, 5.74) is 0. The highest BCUT2D eigenvalue weighted by atomic mass is 32.2. The van der Waals surface area contributed by atoms with Crippen LogP contribution < -0.4 is 5.32 Å². The highest BCUT2D eigenvalue weighted by molar-refractivity contribution is 7.92. The quantitative estimate of drug-likeness (QED) is 0.712. The fourth-order valence-corrected chi connectivity index (χ4v) is 4.43. The van der Waals surface area contributed by atoms with Crippen LogP contribution in [0.2, 0.25) is 0 Å². The Bertz CT molecular complexity index is 461. The van der Waals surface area contributed by atoms with Gasteiger partial charge in [0.25, 0.3) is 0 Å². The molecule has 0 saturated heterocycles. The van der Waals surface area contributed by atoms with Gasteiger partial charge >= 0.3 is 5.97 Å². The molecule has 0 aliphatic heterocycles. The summed E-state index contributed by atoms with van der Waals surface area (Å²) in [6, 6.07) is -1.40. The van der Waals surface area contributed by atoms with E-state index in [1.165, 1.54) is 7.11 Å². The van der Waals surface area contributed by atoms with E-state index in [1.54, 1.807) is 0 Å². The van der Waals surface area contributed by atoms with E-state index in [1.807, 2.05) is 0 Å². The van der Waals surface area contributed by atoms with Crippen LogP contribution >= 0.6 is 0 Å². The number of aliphatic carboxylic acids is 1. The molecule has 2 N–H and O–H groups in total. The number of carboxylic acid groups (broad SMARTS) is 1. The summed E-state index contributed by atoms with van der Waals surface area (Å²) in [6.07, 6.45) is 2.34. The van der Waals surface area contributed by atoms with Gasteiger partial charge in [-0.3, -0.25) is 4.79 Å². The first-order valence-electron chi connectivity index (χ1n) is 6.50. The lowest BCUT2D eigenvalue weighted by Gasteiger charge is -2.28. The van der Waals surface area contributed by atoms with Gasteiger partial charge in [0.1, 0.15) is 6.04 Å². The van der Waals surface area contributed by atoms with Gasteiger partial charge in [-0.2, -0.15) is 0 Å². The second-order valence-electron chi connectivity index (χ2n) is 5.07. The van der Waals surface area contributed by atoms with Gasteiger partial charge in [-0.05, 0) is 25.7 Å². The van der Waals surface area contributed by atoms with Gasteiger partial charge in [0.15, 0.2) is 9.84 Å². The van der Waals surface area contributed by atoms with Gasteiger partial charge in [-0.1, -0.05) is 0 Å². The molecule has 7 nitrogen and oxygen atoms in total. The Hall–Kier alpha value is -1.15. The van der Waals surface area contributed by atoms with E-state index >= 15 is 0 Å². The maximum atomic E-state index is 12.3. The average Bonchev–Trinajstić information content (AvgIpc) is 2.37. The SMILES string of the molecule is COC1CCCC(S(=O)(=O)C[C@H](NC(C)=O)C(=O)O)C1. The Balaban J connectivity index is 2.76. The van der Waals surface area contributed by atoms with Gasteiger partial charge in [0.05, 0.1) is 17.1 Å². The number of hydrogen-bond donors (Lipinski definition) is 2. The zero-order chi connectivity index (χ0) is 15.3. The molecule has 0 bridgehead atoms. The summed E-state index contributed by atoms with van der Waals surface area (Å²) in [7, 11) is -2.05. The standard InChI is InChI=1S/C12H21NO6S/c1-8(14)13-11(12(15)16)7-20(17,18)10-5-3-4-9(6-10)19-2/h9-11H,3-7H2,1-2H3,(H,13,14)(H,15,16)/t9?,10?,11-/m0/s1. The summed E-state index contributed by atoms with van der Waals surface area (Å²) in [6.45, 7) is 1.16. The predicted octanol–water partition coefficient (Wildman–Crippen LogP) is -0.0519. The summed E-state index contributed by atoms with van der Waals surface area (Å²) >= 11 is 0. The van der Waals surface area contributed by atoms with Crippen LogP contribution in [0.25, 0.3) is 0 Å². The average molecular weight is 307 g/mol. The van der Waals surface area contributed by atoms with Crippen molar-refractivity contribution in [1.29, 1.82) is 0 Å². The number of carboxylic acids is 1. The normalized spacial score (nSPS) is 24.9. The molecule has 0 aromatic rings. The van der Waals surface area contributed by atoms with Gasteiger partial charge in [0, 0.05) is 14.0 Å². The van der Waals surface area contributed by atoms with Crippen molar-refractivity contribution in [2.75, 3.05) is 12.9 Å². The van der Waals surface area contributed by atoms with E-state index < -0.39 is 38.8 Å². The van der Waals surface area contributed by atoms with E-state index in [-0.39, 0.29) is 6.10 Å². The third-order valence-electron chi connectivity index (χ3n) is 3.49. The van der Waals surface area contributed by atoms with E-state index in [9.17, 15) is 18.0 Å². The summed E-state index contributed by atoms with van der Waals surface area (Å²) in [4.78, 5) is 21.9. The van der Waals surface area contributed by atoms with E-state index in [2.05, 4.69) is 5.32 Å². The Morgan fingerprint density at radius 3 is 2.55 bits per heavy atom. The molecule has 3 atom stereocenters. The predicted molar refractivity (Wildman–Crippen MR) is 72.1 cm³/mol. The van der Waals surface area contributed by atoms with Crippen molar-refractivity contribution in [3.8, 4) is 0 Å². The number of hydrogen-bond acceptors (Lipinski definition) is 5. The topological polar surface area (TPSA) is 110 Å². The number of amides is 1. The molecule has 0 aromatic heterocycles. The first kappa shape index (κ1) is 16.9. The molecule has 0 radical (unpaired) electrons. The van der Waals surface area contributed by atoms with Crippen molar-refractivity contribution in [3.63, 3.8) is 0 Å². The lowest BCUT2D eigenvalue weighted by molar-refractivity contribution is -0.140. The van der Waals surface area contributed by atoms with Crippen LogP contribution in [0.3, 0.4) is 0 Å². The highest BCUT2D eigenvalue weighted by Crippen LogP contribution is 2.26. The maximum absolute atomic E-state index is 12.3. The van der Waals surface area contributed by atoms with E-state index in [4.69, 9.17) is 9.84 Å². The molecule has 1 amide bonds. The van der Waals surface area contributed by atoms with Crippen molar-refractivity contribution in [1.82, 2.24) is 5.32 Å². The third-order valence-corrected chi connectivity index (χ3v) is 5.74. The maximum Gasteiger partial charge on any atom is 0.327 e. The van der Waals surface area contributed by atoms with Gasteiger partial charge < -0.3 is 15.2 Å². The van der Waals surface area contributed by atoms with Crippen LogP contribution in [-0.4, -0.2) is 55.7 Å². The van der Waals surface area contributed by atoms with Crippen molar-refractivity contribution >= 4 is 21.7 Å². The molecule has 1 aliphatic carbocycles. The molecule has 20 heavy (non-hydrogen) atoms. The summed E-state index contributed by atoms with van der Waals surface area (Å²) in [5.74, 6) is -2.49. The largest absolute Gasteiger partial charge is 0.480 e. The van der Waals surface area contributed by atoms with Crippen LogP contribution in [0.15, 0.2) is 0 Å². The van der Waals surface area contributed by atoms with Crippen LogP contribution in [0.1, 0.15) is 32.6 Å². The molecule has 1 rings (SSSR count). The van der Waals surface area contributed by atoms with Gasteiger partial charge in [0.2, 0.25) is 5.91 Å². The third kappa shape index (κ3) is 4.75. The molecule has 1 saturated carbocycles. The Labute approximate surface area is 118 Å². The molecular weight excluding hydrogens is 286 g/mol.